The van der Waals surface area contributed by atoms with E-state index in [1.165, 1.54) is 0 Å². The summed E-state index contributed by atoms with van der Waals surface area (Å²) in [4.78, 5) is 9.75. The maximum absolute atomic E-state index is 9.75. The molecule has 0 aromatic carbocycles. The van der Waals surface area contributed by atoms with E-state index in [9.17, 15) is 4.79 Å². The molecule has 1 aliphatic rings. The number of epoxide rings is 1. The van der Waals surface area contributed by atoms with Crippen LogP contribution in [0.25, 0.3) is 0 Å². The van der Waals surface area contributed by atoms with Crippen LogP contribution in [0, 0.1) is 0 Å². The molecule has 1 aliphatic heterocycles. The molecular weight excluding hydrogens is 120 g/mol. The molecule has 1 atom stereocenters. The Morgan fingerprint density at radius 3 is 3.11 bits per heavy atom. The lowest BCUT2D eigenvalue weighted by Gasteiger charge is -1.95. The van der Waals surface area contributed by atoms with E-state index in [0.29, 0.717) is 25.7 Å². The molecular formula is C6H10O3. The van der Waals surface area contributed by atoms with Gasteiger partial charge in [-0.2, -0.15) is 0 Å². The van der Waals surface area contributed by atoms with Crippen LogP contribution < -0.4 is 0 Å². The van der Waals surface area contributed by atoms with Gasteiger partial charge < -0.3 is 14.3 Å². The zero-order valence-corrected chi connectivity index (χ0v) is 5.21. The fourth-order valence-corrected chi connectivity index (χ4v) is 0.510. The largest absolute Gasteiger partial charge is 0.378 e. The molecule has 3 heteroatoms. The zero-order valence-electron chi connectivity index (χ0n) is 5.21. The zero-order chi connectivity index (χ0) is 6.53. The monoisotopic (exact) mass is 130 g/mol. The Morgan fingerprint density at radius 2 is 2.56 bits per heavy atom. The van der Waals surface area contributed by atoms with Gasteiger partial charge in [0.05, 0.1) is 19.8 Å². The van der Waals surface area contributed by atoms with Gasteiger partial charge in [-0.05, 0) is 0 Å². The summed E-state index contributed by atoms with van der Waals surface area (Å²) in [7, 11) is 0. The maximum Gasteiger partial charge on any atom is 0.122 e. The van der Waals surface area contributed by atoms with Gasteiger partial charge in [-0.1, -0.05) is 0 Å². The van der Waals surface area contributed by atoms with E-state index in [4.69, 9.17) is 9.47 Å². The quantitative estimate of drug-likeness (QED) is 0.298. The van der Waals surface area contributed by atoms with Crippen LogP contribution in [-0.4, -0.2) is 32.2 Å². The fourth-order valence-electron chi connectivity index (χ4n) is 0.510. The summed E-state index contributed by atoms with van der Waals surface area (Å²) in [5, 5.41) is 0. The standard InChI is InChI=1S/C6H10O3/c7-2-1-3-8-4-6-5-9-6/h2,6H,1,3-5H2. The van der Waals surface area contributed by atoms with Gasteiger partial charge in [0.15, 0.2) is 0 Å². The summed E-state index contributed by atoms with van der Waals surface area (Å²) in [5.41, 5.74) is 0. The van der Waals surface area contributed by atoms with E-state index in [-0.39, 0.29) is 0 Å². The van der Waals surface area contributed by atoms with E-state index >= 15 is 0 Å². The van der Waals surface area contributed by atoms with Gasteiger partial charge in [-0.15, -0.1) is 0 Å². The number of aldehydes is 1. The molecule has 1 fully saturated rings. The first-order valence-corrected chi connectivity index (χ1v) is 3.06. The number of ether oxygens (including phenoxy) is 2. The minimum absolute atomic E-state index is 0.316. The van der Waals surface area contributed by atoms with Crippen LogP contribution in [0.5, 0.6) is 0 Å². The smallest absolute Gasteiger partial charge is 0.122 e. The summed E-state index contributed by atoms with van der Waals surface area (Å²) in [5.74, 6) is 0. The Balaban J connectivity index is 1.75. The predicted octanol–water partition coefficient (Wildman–Crippen LogP) is -0.00920. The first-order chi connectivity index (χ1) is 4.43. The second kappa shape index (κ2) is 3.58. The summed E-state index contributed by atoms with van der Waals surface area (Å²) in [6.07, 6.45) is 1.66. The van der Waals surface area contributed by atoms with Crippen LogP contribution in [-0.2, 0) is 14.3 Å². The van der Waals surface area contributed by atoms with Crippen molar-refractivity contribution < 1.29 is 14.3 Å². The van der Waals surface area contributed by atoms with Gasteiger partial charge in [0.25, 0.3) is 0 Å². The summed E-state index contributed by atoms with van der Waals surface area (Å²) < 4.78 is 9.92. The highest BCUT2D eigenvalue weighted by molar-refractivity contribution is 5.49. The van der Waals surface area contributed by atoms with Crippen molar-refractivity contribution in [3.63, 3.8) is 0 Å². The van der Waals surface area contributed by atoms with Gasteiger partial charge in [-0.3, -0.25) is 0 Å². The van der Waals surface area contributed by atoms with Crippen LogP contribution in [0.3, 0.4) is 0 Å². The van der Waals surface area contributed by atoms with E-state index in [2.05, 4.69) is 0 Å². The molecule has 52 valence electrons. The number of rotatable bonds is 5. The van der Waals surface area contributed by atoms with Gasteiger partial charge in [-0.25, -0.2) is 0 Å². The molecule has 0 saturated carbocycles. The molecule has 0 bridgehead atoms. The molecule has 1 unspecified atom stereocenters. The molecule has 0 spiro atoms. The van der Waals surface area contributed by atoms with E-state index in [0.717, 1.165) is 12.9 Å². The SMILES string of the molecule is O=CCCOCC1CO1. The molecule has 0 amide bonds. The highest BCUT2D eigenvalue weighted by atomic mass is 16.6. The van der Waals surface area contributed by atoms with E-state index < -0.39 is 0 Å². The Hall–Kier alpha value is -0.410. The second-order valence-electron chi connectivity index (χ2n) is 1.99. The van der Waals surface area contributed by atoms with Crippen LogP contribution in [0.1, 0.15) is 6.42 Å². The van der Waals surface area contributed by atoms with Crippen molar-refractivity contribution in [2.75, 3.05) is 19.8 Å². The summed E-state index contributed by atoms with van der Waals surface area (Å²) in [6.45, 7) is 2.00. The molecule has 0 N–H and O–H groups in total. The number of carbonyl (C=O) groups is 1. The molecule has 1 rings (SSSR count). The fraction of sp³-hybridized carbons (Fsp3) is 0.833. The Bertz CT molecular complexity index is 88.3. The lowest BCUT2D eigenvalue weighted by Crippen LogP contribution is -2.02. The Morgan fingerprint density at radius 1 is 1.78 bits per heavy atom. The van der Waals surface area contributed by atoms with Crippen molar-refractivity contribution in [2.24, 2.45) is 0 Å². The van der Waals surface area contributed by atoms with E-state index in [1.54, 1.807) is 0 Å². The van der Waals surface area contributed by atoms with Crippen molar-refractivity contribution in [1.29, 1.82) is 0 Å². The Kier molecular flexibility index (Phi) is 2.67. The maximum atomic E-state index is 9.75. The van der Waals surface area contributed by atoms with E-state index in [1.807, 2.05) is 0 Å². The summed E-state index contributed by atoms with van der Waals surface area (Å²) >= 11 is 0. The lowest BCUT2D eigenvalue weighted by molar-refractivity contribution is -0.108. The molecule has 3 nitrogen and oxygen atoms in total. The number of hydrogen-bond donors (Lipinski definition) is 0. The third kappa shape index (κ3) is 3.21. The Labute approximate surface area is 53.9 Å². The molecule has 9 heavy (non-hydrogen) atoms. The average Bonchev–Trinajstić information content (AvgIpc) is 2.63. The van der Waals surface area contributed by atoms with Crippen molar-refractivity contribution >= 4 is 6.29 Å². The summed E-state index contributed by atoms with van der Waals surface area (Å²) in [6, 6.07) is 0. The molecule has 1 saturated heterocycles. The van der Waals surface area contributed by atoms with Gasteiger partial charge in [0.2, 0.25) is 0 Å². The van der Waals surface area contributed by atoms with Gasteiger partial charge in [0, 0.05) is 6.42 Å². The normalized spacial score (nSPS) is 23.8. The third-order valence-corrected chi connectivity index (χ3v) is 1.09. The van der Waals surface area contributed by atoms with Gasteiger partial charge >= 0.3 is 0 Å². The minimum atomic E-state index is 0.316. The third-order valence-electron chi connectivity index (χ3n) is 1.09. The molecule has 0 radical (unpaired) electrons. The predicted molar refractivity (Wildman–Crippen MR) is 31.2 cm³/mol. The number of hydrogen-bond acceptors (Lipinski definition) is 3. The topological polar surface area (TPSA) is 38.8 Å². The minimum Gasteiger partial charge on any atom is -0.378 e. The van der Waals surface area contributed by atoms with Crippen molar-refractivity contribution in [2.45, 2.75) is 12.5 Å². The van der Waals surface area contributed by atoms with Crippen LogP contribution >= 0.6 is 0 Å². The highest BCUT2D eigenvalue weighted by Crippen LogP contribution is 2.07. The highest BCUT2D eigenvalue weighted by Gasteiger charge is 2.21. The first-order valence-electron chi connectivity index (χ1n) is 3.06. The molecule has 0 aromatic heterocycles. The first kappa shape index (κ1) is 6.71. The molecule has 0 aromatic rings. The second-order valence-corrected chi connectivity index (χ2v) is 1.99. The van der Waals surface area contributed by atoms with Crippen LogP contribution in [0.2, 0.25) is 0 Å². The lowest BCUT2D eigenvalue weighted by atomic mass is 10.5. The average molecular weight is 130 g/mol. The molecule has 0 aliphatic carbocycles. The van der Waals surface area contributed by atoms with Gasteiger partial charge in [0.1, 0.15) is 12.4 Å². The van der Waals surface area contributed by atoms with Crippen molar-refractivity contribution in [3.8, 4) is 0 Å². The van der Waals surface area contributed by atoms with Crippen LogP contribution in [0.15, 0.2) is 0 Å². The van der Waals surface area contributed by atoms with Crippen molar-refractivity contribution in [1.82, 2.24) is 0 Å². The number of carbonyl (C=O) groups excluding carboxylic acids is 1. The molecule has 1 heterocycles. The van der Waals surface area contributed by atoms with Crippen LogP contribution in [0.4, 0.5) is 0 Å². The van der Waals surface area contributed by atoms with Crippen molar-refractivity contribution in [3.05, 3.63) is 0 Å².